The fraction of sp³-hybridized carbons (Fsp3) is 0.389. The standard InChI is InChI=1S/C18H23N5O/c1-13(2)23-12-20-21-17(23)11-22(3)10-14-7-8-16(24-4)18-15(14)6-5-9-19-18/h5-9,12-13H,10-11H2,1-4H3. The van der Waals surface area contributed by atoms with Crippen LogP contribution in [-0.4, -0.2) is 38.8 Å². The van der Waals surface area contributed by atoms with Crippen LogP contribution in [0.15, 0.2) is 36.8 Å². The molecule has 0 aliphatic carbocycles. The van der Waals surface area contributed by atoms with Gasteiger partial charge in [0.15, 0.2) is 0 Å². The van der Waals surface area contributed by atoms with Crippen molar-refractivity contribution in [1.29, 1.82) is 0 Å². The van der Waals surface area contributed by atoms with Crippen LogP contribution in [0.25, 0.3) is 10.9 Å². The third kappa shape index (κ3) is 3.23. The van der Waals surface area contributed by atoms with E-state index >= 15 is 0 Å². The van der Waals surface area contributed by atoms with E-state index in [9.17, 15) is 0 Å². The molecule has 0 aliphatic heterocycles. The molecule has 1 aromatic carbocycles. The van der Waals surface area contributed by atoms with Crippen LogP contribution in [0.4, 0.5) is 0 Å². The fourth-order valence-electron chi connectivity index (χ4n) is 2.91. The fourth-order valence-corrected chi connectivity index (χ4v) is 2.91. The first-order chi connectivity index (χ1) is 11.6. The summed E-state index contributed by atoms with van der Waals surface area (Å²) >= 11 is 0. The van der Waals surface area contributed by atoms with Crippen LogP contribution >= 0.6 is 0 Å². The van der Waals surface area contributed by atoms with Crippen LogP contribution in [0.1, 0.15) is 31.3 Å². The number of hydrogen-bond acceptors (Lipinski definition) is 5. The molecule has 0 amide bonds. The first kappa shape index (κ1) is 16.4. The Balaban J connectivity index is 1.83. The summed E-state index contributed by atoms with van der Waals surface area (Å²) < 4.78 is 7.52. The summed E-state index contributed by atoms with van der Waals surface area (Å²) in [6.45, 7) is 5.81. The third-order valence-corrected chi connectivity index (χ3v) is 4.10. The second-order valence-electron chi connectivity index (χ2n) is 6.25. The van der Waals surface area contributed by atoms with E-state index in [1.54, 1.807) is 19.6 Å². The van der Waals surface area contributed by atoms with Gasteiger partial charge in [-0.3, -0.25) is 9.88 Å². The largest absolute Gasteiger partial charge is 0.494 e. The molecule has 6 heteroatoms. The molecule has 3 rings (SSSR count). The van der Waals surface area contributed by atoms with Crippen LogP contribution in [0.2, 0.25) is 0 Å². The number of hydrogen-bond donors (Lipinski definition) is 0. The zero-order valence-corrected chi connectivity index (χ0v) is 14.6. The van der Waals surface area contributed by atoms with Crippen LogP contribution in [0, 0.1) is 0 Å². The molecule has 0 radical (unpaired) electrons. The van der Waals surface area contributed by atoms with E-state index < -0.39 is 0 Å². The van der Waals surface area contributed by atoms with Crippen molar-refractivity contribution < 1.29 is 4.74 Å². The van der Waals surface area contributed by atoms with Crippen LogP contribution in [0.5, 0.6) is 5.75 Å². The van der Waals surface area contributed by atoms with E-state index in [1.807, 2.05) is 12.1 Å². The van der Waals surface area contributed by atoms with E-state index in [0.717, 1.165) is 35.6 Å². The molecule has 0 aliphatic rings. The molecule has 2 aromatic heterocycles. The maximum atomic E-state index is 5.42. The van der Waals surface area contributed by atoms with Gasteiger partial charge < -0.3 is 9.30 Å². The van der Waals surface area contributed by atoms with E-state index in [-0.39, 0.29) is 0 Å². The van der Waals surface area contributed by atoms with Crippen molar-refractivity contribution in [3.63, 3.8) is 0 Å². The molecule has 0 bridgehead atoms. The second kappa shape index (κ2) is 6.97. The number of aromatic nitrogens is 4. The van der Waals surface area contributed by atoms with Crippen molar-refractivity contribution in [2.45, 2.75) is 33.0 Å². The van der Waals surface area contributed by atoms with Gasteiger partial charge in [-0.15, -0.1) is 10.2 Å². The van der Waals surface area contributed by atoms with E-state index in [1.165, 1.54) is 5.56 Å². The van der Waals surface area contributed by atoms with E-state index in [4.69, 9.17) is 4.74 Å². The summed E-state index contributed by atoms with van der Waals surface area (Å²) in [6.07, 6.45) is 3.59. The third-order valence-electron chi connectivity index (χ3n) is 4.10. The number of rotatable bonds is 6. The number of benzene rings is 1. The Kier molecular flexibility index (Phi) is 4.76. The Morgan fingerprint density at radius 3 is 2.79 bits per heavy atom. The van der Waals surface area contributed by atoms with Crippen molar-refractivity contribution in [3.05, 3.63) is 48.2 Å². The topological polar surface area (TPSA) is 56.1 Å². The van der Waals surface area contributed by atoms with Crippen LogP contribution in [-0.2, 0) is 13.1 Å². The first-order valence-electron chi connectivity index (χ1n) is 8.07. The second-order valence-corrected chi connectivity index (χ2v) is 6.25. The molecule has 6 nitrogen and oxygen atoms in total. The summed E-state index contributed by atoms with van der Waals surface area (Å²) in [5, 5.41) is 9.40. The van der Waals surface area contributed by atoms with Gasteiger partial charge >= 0.3 is 0 Å². The van der Waals surface area contributed by atoms with Gasteiger partial charge in [0, 0.05) is 24.2 Å². The van der Waals surface area contributed by atoms with Gasteiger partial charge in [-0.2, -0.15) is 0 Å². The smallest absolute Gasteiger partial charge is 0.147 e. The van der Waals surface area contributed by atoms with Gasteiger partial charge in [0.1, 0.15) is 23.4 Å². The molecule has 3 aromatic rings. The average molecular weight is 325 g/mol. The Morgan fingerprint density at radius 2 is 2.04 bits per heavy atom. The summed E-state index contributed by atoms with van der Waals surface area (Å²) in [5.41, 5.74) is 2.12. The molecule has 0 unspecified atom stereocenters. The highest BCUT2D eigenvalue weighted by Crippen LogP contribution is 2.27. The quantitative estimate of drug-likeness (QED) is 0.697. The van der Waals surface area contributed by atoms with Gasteiger partial charge in [0.05, 0.1) is 13.7 Å². The molecule has 0 saturated heterocycles. The lowest BCUT2D eigenvalue weighted by molar-refractivity contribution is 0.303. The summed E-state index contributed by atoms with van der Waals surface area (Å²) in [6, 6.07) is 8.49. The number of methoxy groups -OCH3 is 1. The van der Waals surface area contributed by atoms with Gasteiger partial charge in [-0.25, -0.2) is 0 Å². The molecule has 0 spiro atoms. The average Bonchev–Trinajstić information content (AvgIpc) is 3.03. The maximum Gasteiger partial charge on any atom is 0.147 e. The lowest BCUT2D eigenvalue weighted by atomic mass is 10.1. The van der Waals surface area contributed by atoms with Crippen molar-refractivity contribution >= 4 is 10.9 Å². The summed E-state index contributed by atoms with van der Waals surface area (Å²) in [5.74, 6) is 1.78. The van der Waals surface area contributed by atoms with Gasteiger partial charge in [0.25, 0.3) is 0 Å². The Morgan fingerprint density at radius 1 is 1.21 bits per heavy atom. The Hall–Kier alpha value is -2.47. The van der Waals surface area contributed by atoms with Crippen LogP contribution in [0.3, 0.4) is 0 Å². The van der Waals surface area contributed by atoms with Gasteiger partial charge in [-0.05, 0) is 38.6 Å². The van der Waals surface area contributed by atoms with Crippen molar-refractivity contribution in [1.82, 2.24) is 24.6 Å². The zero-order chi connectivity index (χ0) is 17.1. The number of ether oxygens (including phenoxy) is 1. The molecular weight excluding hydrogens is 302 g/mol. The Bertz CT molecular complexity index is 827. The highest BCUT2D eigenvalue weighted by atomic mass is 16.5. The van der Waals surface area contributed by atoms with Crippen LogP contribution < -0.4 is 4.74 Å². The molecule has 0 fully saturated rings. The molecule has 0 saturated carbocycles. The van der Waals surface area contributed by atoms with Crippen molar-refractivity contribution in [3.8, 4) is 5.75 Å². The maximum absolute atomic E-state index is 5.42. The minimum absolute atomic E-state index is 0.356. The van der Waals surface area contributed by atoms with E-state index in [0.29, 0.717) is 6.04 Å². The molecule has 0 N–H and O–H groups in total. The SMILES string of the molecule is COc1ccc(CN(C)Cc2nncn2C(C)C)c2cccnc12. The summed E-state index contributed by atoms with van der Waals surface area (Å²) in [7, 11) is 3.76. The van der Waals surface area contributed by atoms with E-state index in [2.05, 4.69) is 57.7 Å². The normalized spacial score (nSPS) is 11.6. The summed E-state index contributed by atoms with van der Waals surface area (Å²) in [4.78, 5) is 6.70. The molecule has 2 heterocycles. The number of pyridine rings is 1. The van der Waals surface area contributed by atoms with Crippen molar-refractivity contribution in [2.75, 3.05) is 14.2 Å². The lowest BCUT2D eigenvalue weighted by Gasteiger charge is -2.19. The highest BCUT2D eigenvalue weighted by molar-refractivity contribution is 5.87. The highest BCUT2D eigenvalue weighted by Gasteiger charge is 2.13. The molecule has 126 valence electrons. The number of fused-ring (bicyclic) bond motifs is 1. The predicted octanol–water partition coefficient (Wildman–Crippen LogP) is 3.05. The minimum Gasteiger partial charge on any atom is -0.494 e. The monoisotopic (exact) mass is 325 g/mol. The predicted molar refractivity (Wildman–Crippen MR) is 93.9 cm³/mol. The number of nitrogens with zero attached hydrogens (tertiary/aromatic N) is 5. The zero-order valence-electron chi connectivity index (χ0n) is 14.6. The molecule has 24 heavy (non-hydrogen) atoms. The molecular formula is C18H23N5O. The van der Waals surface area contributed by atoms with Gasteiger partial charge in [-0.1, -0.05) is 12.1 Å². The first-order valence-corrected chi connectivity index (χ1v) is 8.07. The molecule has 0 atom stereocenters. The van der Waals surface area contributed by atoms with Gasteiger partial charge in [0.2, 0.25) is 0 Å². The van der Waals surface area contributed by atoms with Crippen molar-refractivity contribution in [2.24, 2.45) is 0 Å². The Labute approximate surface area is 142 Å². The lowest BCUT2D eigenvalue weighted by Crippen LogP contribution is -2.21. The minimum atomic E-state index is 0.356.